The summed E-state index contributed by atoms with van der Waals surface area (Å²) in [5.41, 5.74) is 0.991. The maximum absolute atomic E-state index is 8.91. The van der Waals surface area contributed by atoms with Gasteiger partial charge in [0, 0.05) is 0 Å². The maximum atomic E-state index is 8.91. The zero-order chi connectivity index (χ0) is 9.52. The molecule has 0 spiro atoms. The van der Waals surface area contributed by atoms with E-state index in [1.54, 1.807) is 6.92 Å². The second-order valence-electron chi connectivity index (χ2n) is 2.86. The summed E-state index contributed by atoms with van der Waals surface area (Å²) < 4.78 is 0. The largest absolute Gasteiger partial charge is 2.00 e. The van der Waals surface area contributed by atoms with E-state index in [-0.39, 0.29) is 23.2 Å². The summed E-state index contributed by atoms with van der Waals surface area (Å²) in [5, 5.41) is 8.91. The Balaban J connectivity index is 0.000000246. The van der Waals surface area contributed by atoms with Crippen LogP contribution in [0.3, 0.4) is 0 Å². The van der Waals surface area contributed by atoms with Crippen molar-refractivity contribution in [1.82, 2.24) is 0 Å². The standard InChI is InChI=1S/C7H9O.C5H5.Fe/c1-6(8)7-4-2-3-5-7;1-2-4-5-3-1;/h2-6,8H,1H3;1-5H;/q2*-1;+2/t6-;;/m0../s1. The van der Waals surface area contributed by atoms with Crippen LogP contribution >= 0.6 is 0 Å². The van der Waals surface area contributed by atoms with Gasteiger partial charge in [0.05, 0.1) is 6.10 Å². The van der Waals surface area contributed by atoms with Crippen molar-refractivity contribution in [2.24, 2.45) is 0 Å². The van der Waals surface area contributed by atoms with E-state index < -0.39 is 0 Å². The molecule has 0 saturated heterocycles. The molecule has 0 heterocycles. The van der Waals surface area contributed by atoms with Crippen LogP contribution in [0.25, 0.3) is 0 Å². The molecule has 14 heavy (non-hydrogen) atoms. The SMILES string of the molecule is C[C@H](O)c1ccc[cH-]1.[Fe+2].c1cc[cH-]c1. The van der Waals surface area contributed by atoms with Crippen molar-refractivity contribution in [3.8, 4) is 0 Å². The van der Waals surface area contributed by atoms with Crippen LogP contribution in [0.2, 0.25) is 0 Å². The molecule has 0 unspecified atom stereocenters. The number of hydrogen-bond donors (Lipinski definition) is 1. The van der Waals surface area contributed by atoms with Gasteiger partial charge in [0.2, 0.25) is 0 Å². The van der Waals surface area contributed by atoms with E-state index in [1.165, 1.54) is 0 Å². The van der Waals surface area contributed by atoms with Gasteiger partial charge in [-0.2, -0.15) is 30.3 Å². The Morgan fingerprint density at radius 1 is 1.14 bits per heavy atom. The Hall–Kier alpha value is -0.821. The topological polar surface area (TPSA) is 20.2 Å². The third-order valence-corrected chi connectivity index (χ3v) is 1.73. The van der Waals surface area contributed by atoms with Crippen LogP contribution in [0.5, 0.6) is 0 Å². The molecule has 2 aromatic carbocycles. The second-order valence-corrected chi connectivity index (χ2v) is 2.86. The average Bonchev–Trinajstić information content (AvgIpc) is 2.82. The molecule has 1 N–H and O–H groups in total. The van der Waals surface area contributed by atoms with Crippen molar-refractivity contribution in [2.45, 2.75) is 13.0 Å². The summed E-state index contributed by atoms with van der Waals surface area (Å²) in [4.78, 5) is 0. The summed E-state index contributed by atoms with van der Waals surface area (Å²) in [6, 6.07) is 17.7. The first-order chi connectivity index (χ1) is 6.30. The first kappa shape index (κ1) is 13.2. The van der Waals surface area contributed by atoms with Crippen molar-refractivity contribution in [3.05, 3.63) is 60.2 Å². The van der Waals surface area contributed by atoms with Gasteiger partial charge < -0.3 is 5.11 Å². The molecule has 0 bridgehead atoms. The van der Waals surface area contributed by atoms with E-state index in [0.717, 1.165) is 5.56 Å². The zero-order valence-corrected chi connectivity index (χ0v) is 9.18. The van der Waals surface area contributed by atoms with E-state index in [9.17, 15) is 0 Å². The summed E-state index contributed by atoms with van der Waals surface area (Å²) >= 11 is 0. The van der Waals surface area contributed by atoms with Crippen molar-refractivity contribution >= 4 is 0 Å². The molecule has 0 fully saturated rings. The maximum Gasteiger partial charge on any atom is 2.00 e. The molecule has 2 aromatic rings. The minimum atomic E-state index is -0.315. The minimum Gasteiger partial charge on any atom is -0.391 e. The Bertz CT molecular complexity index is 265. The molecule has 76 valence electrons. The molecule has 0 amide bonds. The van der Waals surface area contributed by atoms with E-state index in [1.807, 2.05) is 54.6 Å². The average molecular weight is 230 g/mol. The summed E-state index contributed by atoms with van der Waals surface area (Å²) in [7, 11) is 0. The van der Waals surface area contributed by atoms with Crippen LogP contribution in [0, 0.1) is 0 Å². The van der Waals surface area contributed by atoms with Gasteiger partial charge in [-0.15, -0.1) is 5.56 Å². The Labute approximate surface area is 95.6 Å². The Morgan fingerprint density at radius 3 is 2.00 bits per heavy atom. The third-order valence-electron chi connectivity index (χ3n) is 1.73. The van der Waals surface area contributed by atoms with E-state index in [0.29, 0.717) is 0 Å². The first-order valence-electron chi connectivity index (χ1n) is 4.37. The van der Waals surface area contributed by atoms with Gasteiger partial charge in [0.1, 0.15) is 0 Å². The summed E-state index contributed by atoms with van der Waals surface area (Å²) in [6.07, 6.45) is -0.315. The quantitative estimate of drug-likeness (QED) is 0.589. The fourth-order valence-corrected chi connectivity index (χ4v) is 0.988. The van der Waals surface area contributed by atoms with Crippen LogP contribution in [0.15, 0.2) is 54.6 Å². The molecule has 1 nitrogen and oxygen atoms in total. The predicted molar refractivity (Wildman–Crippen MR) is 54.7 cm³/mol. The van der Waals surface area contributed by atoms with Crippen LogP contribution in [-0.4, -0.2) is 5.11 Å². The zero-order valence-electron chi connectivity index (χ0n) is 8.07. The fourth-order valence-electron chi connectivity index (χ4n) is 0.988. The number of aliphatic hydroxyl groups is 1. The molecule has 0 saturated carbocycles. The van der Waals surface area contributed by atoms with Crippen LogP contribution in [0.1, 0.15) is 18.6 Å². The molecule has 0 radical (unpaired) electrons. The van der Waals surface area contributed by atoms with Crippen LogP contribution in [0.4, 0.5) is 0 Å². The summed E-state index contributed by atoms with van der Waals surface area (Å²) in [6.45, 7) is 1.76. The molecule has 0 aliphatic heterocycles. The van der Waals surface area contributed by atoms with Crippen molar-refractivity contribution in [1.29, 1.82) is 0 Å². The smallest absolute Gasteiger partial charge is 0.391 e. The fraction of sp³-hybridized carbons (Fsp3) is 0.167. The van der Waals surface area contributed by atoms with Gasteiger partial charge in [0.25, 0.3) is 0 Å². The number of aliphatic hydroxyl groups excluding tert-OH is 1. The van der Waals surface area contributed by atoms with Gasteiger partial charge in [-0.3, -0.25) is 0 Å². The summed E-state index contributed by atoms with van der Waals surface area (Å²) in [5.74, 6) is 0. The molecule has 2 rings (SSSR count). The van der Waals surface area contributed by atoms with Gasteiger partial charge in [-0.1, -0.05) is 0 Å². The van der Waals surface area contributed by atoms with Gasteiger partial charge in [0.15, 0.2) is 0 Å². The predicted octanol–water partition coefficient (Wildman–Crippen LogP) is 2.86. The van der Waals surface area contributed by atoms with Crippen molar-refractivity contribution < 1.29 is 22.2 Å². The van der Waals surface area contributed by atoms with E-state index in [4.69, 9.17) is 5.11 Å². The minimum absolute atomic E-state index is 0. The van der Waals surface area contributed by atoms with Crippen LogP contribution in [-0.2, 0) is 17.1 Å². The molecule has 1 atom stereocenters. The van der Waals surface area contributed by atoms with Crippen molar-refractivity contribution in [2.75, 3.05) is 0 Å². The molecular weight excluding hydrogens is 216 g/mol. The third kappa shape index (κ3) is 5.03. The Kier molecular flexibility index (Phi) is 7.13. The molecule has 2 heteroatoms. The molecule has 0 aromatic heterocycles. The molecular formula is C12H14FeO. The van der Waals surface area contributed by atoms with Gasteiger partial charge >= 0.3 is 17.1 Å². The first-order valence-corrected chi connectivity index (χ1v) is 4.37. The second kappa shape index (κ2) is 7.57. The molecule has 0 aliphatic rings. The van der Waals surface area contributed by atoms with Crippen LogP contribution < -0.4 is 0 Å². The Morgan fingerprint density at radius 2 is 1.79 bits per heavy atom. The number of rotatable bonds is 1. The van der Waals surface area contributed by atoms with E-state index in [2.05, 4.69) is 0 Å². The molecule has 0 aliphatic carbocycles. The van der Waals surface area contributed by atoms with Gasteiger partial charge in [-0.05, 0) is 6.92 Å². The monoisotopic (exact) mass is 230 g/mol. The normalized spacial score (nSPS) is 10.7. The van der Waals surface area contributed by atoms with Crippen molar-refractivity contribution in [3.63, 3.8) is 0 Å². The number of hydrogen-bond acceptors (Lipinski definition) is 1. The van der Waals surface area contributed by atoms with E-state index >= 15 is 0 Å². The van der Waals surface area contributed by atoms with Gasteiger partial charge in [-0.25, -0.2) is 24.3 Å².